The maximum Gasteiger partial charge on any atom is 0.282 e. The van der Waals surface area contributed by atoms with Crippen molar-refractivity contribution in [3.05, 3.63) is 5.83 Å². The van der Waals surface area contributed by atoms with Crippen LogP contribution in [0.3, 0.4) is 0 Å². The van der Waals surface area contributed by atoms with Crippen molar-refractivity contribution in [1.29, 1.82) is 5.26 Å². The first kappa shape index (κ1) is 4.87. The van der Waals surface area contributed by atoms with E-state index in [1.54, 1.807) is 0 Å². The molecule has 30 valence electrons. The fourth-order valence-corrected chi connectivity index (χ4v) is 0.0228. The first-order valence-corrected chi connectivity index (χ1v) is 1.12. The Morgan fingerprint density at radius 2 is 2.33 bits per heavy atom. The lowest BCUT2D eigenvalue weighted by Crippen LogP contribution is -1.58. The Kier molecular flexibility index (Phi) is 1.73. The van der Waals surface area contributed by atoms with Crippen molar-refractivity contribution in [1.82, 2.24) is 0 Å². The minimum absolute atomic E-state index is 0.753. The third-order valence-electron chi connectivity index (χ3n) is 0.188. The van der Waals surface area contributed by atoms with Gasteiger partial charge in [-0.1, -0.05) is 0 Å². The third-order valence-corrected chi connectivity index (χ3v) is 0.188. The molecule has 0 heterocycles. The van der Waals surface area contributed by atoms with Crippen LogP contribution in [0.1, 0.15) is 0 Å². The average molecular weight is 85.0 g/mol. The quantitative estimate of drug-likeness (QED) is 0.311. The molecule has 0 radical (unpaired) electrons. The molecule has 0 rings (SSSR count). The number of allylic oxidation sites excluding steroid dienone is 1. The standard InChI is InChI=1S/C3FNO/c4-3(1-5)2-6. The van der Waals surface area contributed by atoms with E-state index in [1.165, 1.54) is 0 Å². The molecule has 0 aromatic heterocycles. The van der Waals surface area contributed by atoms with Gasteiger partial charge in [-0.3, -0.25) is 0 Å². The summed E-state index contributed by atoms with van der Waals surface area (Å²) in [4.78, 5) is 8.98. The minimum atomic E-state index is -1.41. The second kappa shape index (κ2) is 2.13. The van der Waals surface area contributed by atoms with Gasteiger partial charge in [0.2, 0.25) is 0 Å². The summed E-state index contributed by atoms with van der Waals surface area (Å²) < 4.78 is 11.0. The van der Waals surface area contributed by atoms with Crippen LogP contribution in [0.4, 0.5) is 4.39 Å². The Labute approximate surface area is 33.5 Å². The smallest absolute Gasteiger partial charge is 0.229 e. The van der Waals surface area contributed by atoms with E-state index in [2.05, 4.69) is 0 Å². The van der Waals surface area contributed by atoms with E-state index in [-0.39, 0.29) is 0 Å². The Morgan fingerprint density at radius 3 is 2.33 bits per heavy atom. The van der Waals surface area contributed by atoms with Crippen molar-refractivity contribution in [2.24, 2.45) is 0 Å². The van der Waals surface area contributed by atoms with Crippen molar-refractivity contribution in [3.63, 3.8) is 0 Å². The highest BCUT2D eigenvalue weighted by Gasteiger charge is 1.81. The van der Waals surface area contributed by atoms with Crippen molar-refractivity contribution in [3.8, 4) is 6.07 Å². The monoisotopic (exact) mass is 85.0 g/mol. The number of hydrogen-bond acceptors (Lipinski definition) is 2. The highest BCUT2D eigenvalue weighted by molar-refractivity contribution is 5.54. The molecule has 0 saturated carbocycles. The Morgan fingerprint density at radius 1 is 1.83 bits per heavy atom. The first-order valence-electron chi connectivity index (χ1n) is 1.12. The highest BCUT2D eigenvalue weighted by Crippen LogP contribution is 1.79. The van der Waals surface area contributed by atoms with Crippen LogP contribution in [0.2, 0.25) is 0 Å². The summed E-state index contributed by atoms with van der Waals surface area (Å²) in [6, 6.07) is 0.941. The van der Waals surface area contributed by atoms with Gasteiger partial charge in [-0.15, -0.1) is 0 Å². The lowest BCUT2D eigenvalue weighted by atomic mass is 10.7. The van der Waals surface area contributed by atoms with Crippen LogP contribution in [0.5, 0.6) is 0 Å². The summed E-state index contributed by atoms with van der Waals surface area (Å²) in [6.45, 7) is 0. The number of rotatable bonds is 0. The van der Waals surface area contributed by atoms with Gasteiger partial charge < -0.3 is 0 Å². The highest BCUT2D eigenvalue weighted by atomic mass is 19.1. The topological polar surface area (TPSA) is 40.9 Å². The molecule has 2 nitrogen and oxygen atoms in total. The van der Waals surface area contributed by atoms with Gasteiger partial charge in [0.05, 0.1) is 0 Å². The van der Waals surface area contributed by atoms with E-state index < -0.39 is 5.83 Å². The van der Waals surface area contributed by atoms with Crippen LogP contribution in [0.25, 0.3) is 0 Å². The number of halogens is 1. The molecule has 0 aliphatic carbocycles. The van der Waals surface area contributed by atoms with Crippen molar-refractivity contribution in [2.45, 2.75) is 0 Å². The first-order chi connectivity index (χ1) is 2.81. The lowest BCUT2D eigenvalue weighted by Gasteiger charge is -1.53. The van der Waals surface area contributed by atoms with Crippen molar-refractivity contribution in [2.75, 3.05) is 0 Å². The normalized spacial score (nSPS) is 5.33. The van der Waals surface area contributed by atoms with Gasteiger partial charge in [0.1, 0.15) is 6.07 Å². The average Bonchev–Trinajstić information content (AvgIpc) is 1.65. The molecule has 0 saturated heterocycles. The molecule has 6 heavy (non-hydrogen) atoms. The SMILES string of the molecule is N#CC(F)=C=O. The Bertz CT molecular complexity index is 128. The maximum absolute atomic E-state index is 11.0. The van der Waals surface area contributed by atoms with Gasteiger partial charge in [0, 0.05) is 0 Å². The number of nitrogens with zero attached hydrogens (tertiary/aromatic N) is 1. The predicted octanol–water partition coefficient (Wildman–Crippen LogP) is 0.195. The van der Waals surface area contributed by atoms with Gasteiger partial charge >= 0.3 is 0 Å². The van der Waals surface area contributed by atoms with E-state index in [9.17, 15) is 4.39 Å². The molecule has 0 aromatic carbocycles. The Balaban J connectivity index is 3.99. The zero-order valence-corrected chi connectivity index (χ0v) is 2.73. The van der Waals surface area contributed by atoms with Gasteiger partial charge in [0.25, 0.3) is 5.83 Å². The van der Waals surface area contributed by atoms with E-state index >= 15 is 0 Å². The molecule has 0 fully saturated rings. The minimum Gasteiger partial charge on any atom is -0.229 e. The van der Waals surface area contributed by atoms with Crippen LogP contribution in [0, 0.1) is 11.3 Å². The summed E-state index contributed by atoms with van der Waals surface area (Å²) >= 11 is 0. The Hall–Kier alpha value is -1.13. The molecule has 0 aromatic rings. The van der Waals surface area contributed by atoms with Gasteiger partial charge in [-0.25, -0.2) is 4.79 Å². The molecule has 0 unspecified atom stereocenters. The molecule has 0 aliphatic rings. The summed E-state index contributed by atoms with van der Waals surface area (Å²) in [5.74, 6) is -0.654. The summed E-state index contributed by atoms with van der Waals surface area (Å²) in [7, 11) is 0. The van der Waals surface area contributed by atoms with Gasteiger partial charge in [-0.05, 0) is 0 Å². The fourth-order valence-electron chi connectivity index (χ4n) is 0.0228. The van der Waals surface area contributed by atoms with Gasteiger partial charge in [0.15, 0.2) is 5.94 Å². The summed E-state index contributed by atoms with van der Waals surface area (Å²) in [5.41, 5.74) is 0. The molecule has 0 amide bonds. The van der Waals surface area contributed by atoms with Crippen molar-refractivity contribution < 1.29 is 9.18 Å². The third kappa shape index (κ3) is 1.22. The zero-order valence-electron chi connectivity index (χ0n) is 2.73. The van der Waals surface area contributed by atoms with Crippen LogP contribution in [-0.4, -0.2) is 5.94 Å². The van der Waals surface area contributed by atoms with Crippen LogP contribution in [0.15, 0.2) is 5.83 Å². The number of carbonyl (C=O) groups excluding carboxylic acids is 1. The fraction of sp³-hybridized carbons (Fsp3) is 0. The molecular formula is C3FNO. The van der Waals surface area contributed by atoms with E-state index in [0.29, 0.717) is 0 Å². The molecule has 0 bridgehead atoms. The van der Waals surface area contributed by atoms with E-state index in [4.69, 9.17) is 10.1 Å². The molecule has 0 spiro atoms. The summed E-state index contributed by atoms with van der Waals surface area (Å²) in [5, 5.41) is 7.41. The molecule has 0 N–H and O–H groups in total. The second-order valence-corrected chi connectivity index (χ2v) is 0.528. The van der Waals surface area contributed by atoms with Gasteiger partial charge in [-0.2, -0.15) is 9.65 Å². The van der Waals surface area contributed by atoms with Crippen LogP contribution < -0.4 is 0 Å². The number of nitriles is 1. The van der Waals surface area contributed by atoms with E-state index in [0.717, 1.165) is 12.0 Å². The predicted molar refractivity (Wildman–Crippen MR) is 15.9 cm³/mol. The zero-order chi connectivity index (χ0) is 4.99. The lowest BCUT2D eigenvalue weighted by molar-refractivity contribution is 0.556. The molecule has 0 atom stereocenters. The molecular weight excluding hydrogens is 85.0 g/mol. The maximum atomic E-state index is 11.0. The van der Waals surface area contributed by atoms with Crippen molar-refractivity contribution >= 4 is 5.94 Å². The molecule has 0 aliphatic heterocycles. The number of hydrogen-bond donors (Lipinski definition) is 0. The molecule has 3 heteroatoms. The largest absolute Gasteiger partial charge is 0.282 e. The van der Waals surface area contributed by atoms with Crippen LogP contribution in [-0.2, 0) is 4.79 Å². The van der Waals surface area contributed by atoms with E-state index in [1.807, 2.05) is 0 Å². The summed E-state index contributed by atoms with van der Waals surface area (Å²) in [6.07, 6.45) is 0. The second-order valence-electron chi connectivity index (χ2n) is 0.528. The van der Waals surface area contributed by atoms with Crippen LogP contribution >= 0.6 is 0 Å².